The van der Waals surface area contributed by atoms with Crippen molar-refractivity contribution in [2.24, 2.45) is 5.73 Å². The standard InChI is InChI=1S/C13H18FNO/c1-3-9-7-10(13(15)5-4-6-13)12(16-2)8-11(9)14/h7-8H,3-6,15H2,1-2H3. The molecule has 1 aromatic carbocycles. The molecule has 1 aliphatic rings. The minimum absolute atomic E-state index is 0.203. The van der Waals surface area contributed by atoms with Gasteiger partial charge in [0.05, 0.1) is 7.11 Å². The van der Waals surface area contributed by atoms with Gasteiger partial charge in [-0.15, -0.1) is 0 Å². The Bertz CT molecular complexity index is 399. The zero-order valence-corrected chi connectivity index (χ0v) is 9.85. The zero-order valence-electron chi connectivity index (χ0n) is 9.85. The van der Waals surface area contributed by atoms with Crippen molar-refractivity contribution in [3.63, 3.8) is 0 Å². The summed E-state index contributed by atoms with van der Waals surface area (Å²) in [6.07, 6.45) is 3.73. The second-order valence-corrected chi connectivity index (χ2v) is 4.51. The summed E-state index contributed by atoms with van der Waals surface area (Å²) in [6, 6.07) is 3.33. The number of nitrogens with two attached hydrogens (primary N) is 1. The molecule has 0 amide bonds. The smallest absolute Gasteiger partial charge is 0.130 e. The Kier molecular flexibility index (Phi) is 2.89. The number of ether oxygens (including phenoxy) is 1. The van der Waals surface area contributed by atoms with Gasteiger partial charge in [0, 0.05) is 17.2 Å². The lowest BCUT2D eigenvalue weighted by molar-refractivity contribution is 0.243. The van der Waals surface area contributed by atoms with E-state index in [0.29, 0.717) is 17.7 Å². The molecule has 0 aliphatic heterocycles. The van der Waals surface area contributed by atoms with E-state index in [1.807, 2.05) is 13.0 Å². The van der Waals surface area contributed by atoms with Crippen LogP contribution in [0.3, 0.4) is 0 Å². The number of rotatable bonds is 3. The maximum Gasteiger partial charge on any atom is 0.130 e. The molecule has 0 spiro atoms. The molecule has 3 heteroatoms. The fourth-order valence-electron chi connectivity index (χ4n) is 2.26. The summed E-state index contributed by atoms with van der Waals surface area (Å²) in [7, 11) is 1.56. The number of halogens is 1. The summed E-state index contributed by atoms with van der Waals surface area (Å²) >= 11 is 0. The zero-order chi connectivity index (χ0) is 11.8. The normalized spacial score (nSPS) is 18.0. The largest absolute Gasteiger partial charge is 0.496 e. The SMILES string of the molecule is CCc1cc(C2(N)CCC2)c(OC)cc1F. The summed E-state index contributed by atoms with van der Waals surface area (Å²) in [6.45, 7) is 1.94. The Morgan fingerprint density at radius 3 is 2.56 bits per heavy atom. The van der Waals surface area contributed by atoms with Gasteiger partial charge in [-0.1, -0.05) is 6.92 Å². The molecule has 2 nitrogen and oxygen atoms in total. The van der Waals surface area contributed by atoms with E-state index in [4.69, 9.17) is 10.5 Å². The average Bonchev–Trinajstić information content (AvgIpc) is 2.25. The Morgan fingerprint density at radius 2 is 2.12 bits per heavy atom. The summed E-state index contributed by atoms with van der Waals surface area (Å²) in [5.74, 6) is 0.378. The van der Waals surface area contributed by atoms with E-state index in [1.54, 1.807) is 7.11 Å². The Balaban J connectivity index is 2.49. The molecule has 0 unspecified atom stereocenters. The highest BCUT2D eigenvalue weighted by atomic mass is 19.1. The van der Waals surface area contributed by atoms with Crippen LogP contribution < -0.4 is 10.5 Å². The minimum Gasteiger partial charge on any atom is -0.496 e. The average molecular weight is 223 g/mol. The second-order valence-electron chi connectivity index (χ2n) is 4.51. The van der Waals surface area contributed by atoms with Crippen LogP contribution in [0.5, 0.6) is 5.75 Å². The van der Waals surface area contributed by atoms with Gasteiger partial charge in [0.25, 0.3) is 0 Å². The van der Waals surface area contributed by atoms with Gasteiger partial charge in [-0.3, -0.25) is 0 Å². The molecule has 0 aromatic heterocycles. The first-order chi connectivity index (χ1) is 7.60. The van der Waals surface area contributed by atoms with Crippen LogP contribution in [0.1, 0.15) is 37.3 Å². The first-order valence-corrected chi connectivity index (χ1v) is 5.76. The Hall–Kier alpha value is -1.09. The van der Waals surface area contributed by atoms with Crippen molar-refractivity contribution in [2.45, 2.75) is 38.1 Å². The third kappa shape index (κ3) is 1.69. The molecule has 1 fully saturated rings. The molecule has 0 atom stereocenters. The van der Waals surface area contributed by atoms with Gasteiger partial charge < -0.3 is 10.5 Å². The summed E-state index contributed by atoms with van der Waals surface area (Å²) < 4.78 is 18.8. The quantitative estimate of drug-likeness (QED) is 0.855. The second kappa shape index (κ2) is 4.06. The lowest BCUT2D eigenvalue weighted by Crippen LogP contribution is -2.43. The molecular weight excluding hydrogens is 205 g/mol. The molecule has 1 saturated carbocycles. The van der Waals surface area contributed by atoms with Crippen molar-refractivity contribution in [1.82, 2.24) is 0 Å². The third-order valence-electron chi connectivity index (χ3n) is 3.53. The van der Waals surface area contributed by atoms with E-state index in [9.17, 15) is 4.39 Å². The minimum atomic E-state index is -0.303. The number of hydrogen-bond donors (Lipinski definition) is 1. The van der Waals surface area contributed by atoms with Crippen LogP contribution in [-0.2, 0) is 12.0 Å². The highest BCUT2D eigenvalue weighted by Gasteiger charge is 2.37. The van der Waals surface area contributed by atoms with E-state index in [-0.39, 0.29) is 11.4 Å². The Morgan fingerprint density at radius 1 is 1.44 bits per heavy atom. The van der Waals surface area contributed by atoms with Gasteiger partial charge in [-0.25, -0.2) is 4.39 Å². The molecule has 0 saturated heterocycles. The van der Waals surface area contributed by atoms with Gasteiger partial charge in [0.15, 0.2) is 0 Å². The van der Waals surface area contributed by atoms with Crippen molar-refractivity contribution in [3.8, 4) is 5.75 Å². The van der Waals surface area contributed by atoms with Crippen LogP contribution in [-0.4, -0.2) is 7.11 Å². The van der Waals surface area contributed by atoms with Crippen LogP contribution in [0.4, 0.5) is 4.39 Å². The maximum atomic E-state index is 13.6. The van der Waals surface area contributed by atoms with Gasteiger partial charge in [0.2, 0.25) is 0 Å². The molecule has 16 heavy (non-hydrogen) atoms. The van der Waals surface area contributed by atoms with Crippen molar-refractivity contribution in [3.05, 3.63) is 29.1 Å². The summed E-state index contributed by atoms with van der Waals surface area (Å²) in [5.41, 5.74) is 7.64. The lowest BCUT2D eigenvalue weighted by atomic mass is 9.72. The van der Waals surface area contributed by atoms with Crippen molar-refractivity contribution in [1.29, 1.82) is 0 Å². The number of aryl methyl sites for hydroxylation is 1. The molecule has 2 rings (SSSR count). The molecule has 1 aromatic rings. The first-order valence-electron chi connectivity index (χ1n) is 5.76. The van der Waals surface area contributed by atoms with E-state index < -0.39 is 0 Å². The maximum absolute atomic E-state index is 13.6. The molecule has 2 N–H and O–H groups in total. The Labute approximate surface area is 95.6 Å². The first kappa shape index (κ1) is 11.4. The molecule has 88 valence electrons. The molecular formula is C13H18FNO. The topological polar surface area (TPSA) is 35.2 Å². The predicted molar refractivity (Wildman–Crippen MR) is 62.0 cm³/mol. The highest BCUT2D eigenvalue weighted by Crippen LogP contribution is 2.43. The summed E-state index contributed by atoms with van der Waals surface area (Å²) in [5, 5.41) is 0. The van der Waals surface area contributed by atoms with Crippen LogP contribution >= 0.6 is 0 Å². The molecule has 1 aliphatic carbocycles. The number of benzene rings is 1. The van der Waals surface area contributed by atoms with Crippen molar-refractivity contribution < 1.29 is 9.13 Å². The summed E-state index contributed by atoms with van der Waals surface area (Å²) in [4.78, 5) is 0. The van der Waals surface area contributed by atoms with Crippen LogP contribution in [0.25, 0.3) is 0 Å². The van der Waals surface area contributed by atoms with E-state index in [0.717, 1.165) is 24.8 Å². The third-order valence-corrected chi connectivity index (χ3v) is 3.53. The molecule has 0 bridgehead atoms. The van der Waals surface area contributed by atoms with Gasteiger partial charge >= 0.3 is 0 Å². The van der Waals surface area contributed by atoms with E-state index in [1.165, 1.54) is 6.07 Å². The number of methoxy groups -OCH3 is 1. The van der Waals surface area contributed by atoms with Crippen LogP contribution in [0.2, 0.25) is 0 Å². The number of hydrogen-bond acceptors (Lipinski definition) is 2. The van der Waals surface area contributed by atoms with Gasteiger partial charge in [-0.2, -0.15) is 0 Å². The van der Waals surface area contributed by atoms with Crippen LogP contribution in [0.15, 0.2) is 12.1 Å². The monoisotopic (exact) mass is 223 g/mol. The fourth-order valence-corrected chi connectivity index (χ4v) is 2.26. The van der Waals surface area contributed by atoms with Gasteiger partial charge in [0.1, 0.15) is 11.6 Å². The van der Waals surface area contributed by atoms with Gasteiger partial charge in [-0.05, 0) is 37.3 Å². The highest BCUT2D eigenvalue weighted by molar-refractivity contribution is 5.44. The lowest BCUT2D eigenvalue weighted by Gasteiger charge is -2.39. The van der Waals surface area contributed by atoms with Crippen molar-refractivity contribution >= 4 is 0 Å². The molecule has 0 radical (unpaired) electrons. The van der Waals surface area contributed by atoms with E-state index in [2.05, 4.69) is 0 Å². The van der Waals surface area contributed by atoms with Crippen molar-refractivity contribution in [2.75, 3.05) is 7.11 Å². The van der Waals surface area contributed by atoms with Crippen LogP contribution in [0, 0.1) is 5.82 Å². The van der Waals surface area contributed by atoms with E-state index >= 15 is 0 Å². The molecule has 0 heterocycles. The fraction of sp³-hybridized carbons (Fsp3) is 0.538. The predicted octanol–water partition coefficient (Wildman–Crippen LogP) is 2.73.